The van der Waals surface area contributed by atoms with Gasteiger partial charge in [-0.2, -0.15) is 0 Å². The van der Waals surface area contributed by atoms with Crippen molar-refractivity contribution in [3.63, 3.8) is 0 Å². The third-order valence-electron chi connectivity index (χ3n) is 4.58. The molecule has 0 fully saturated rings. The second-order valence-electron chi connectivity index (χ2n) is 6.52. The van der Waals surface area contributed by atoms with Gasteiger partial charge in [-0.25, -0.2) is 14.4 Å². The number of fused-ring (bicyclic) bond motifs is 1. The second kappa shape index (κ2) is 7.45. The molecule has 0 aliphatic heterocycles. The first kappa shape index (κ1) is 17.6. The number of hydrogen-bond acceptors (Lipinski definition) is 4. The number of benzene rings is 2. The molecule has 0 aliphatic rings. The highest BCUT2D eigenvalue weighted by Gasteiger charge is 2.18. The Bertz CT molecular complexity index is 1050. The van der Waals surface area contributed by atoms with Gasteiger partial charge in [-0.3, -0.25) is 0 Å². The monoisotopic (exact) mass is 377 g/mol. The van der Waals surface area contributed by atoms with Crippen molar-refractivity contribution in [2.75, 3.05) is 5.73 Å². The van der Waals surface area contributed by atoms with Crippen LogP contribution in [0.1, 0.15) is 25.3 Å². The van der Waals surface area contributed by atoms with Gasteiger partial charge in [-0.1, -0.05) is 31.5 Å². The molecule has 0 amide bonds. The summed E-state index contributed by atoms with van der Waals surface area (Å²) in [7, 11) is 0. The minimum absolute atomic E-state index is 0.238. The Balaban J connectivity index is 1.93. The molecule has 0 bridgehead atoms. The number of hydrogen-bond donors (Lipinski definition) is 1. The third-order valence-corrected chi connectivity index (χ3v) is 5.70. The van der Waals surface area contributed by atoms with E-state index in [1.807, 2.05) is 12.1 Å². The first-order valence-electron chi connectivity index (χ1n) is 9.07. The fourth-order valence-electron chi connectivity index (χ4n) is 3.24. The van der Waals surface area contributed by atoms with Crippen molar-refractivity contribution in [1.29, 1.82) is 0 Å². The predicted molar refractivity (Wildman–Crippen MR) is 111 cm³/mol. The smallest absolute Gasteiger partial charge is 0.221 e. The van der Waals surface area contributed by atoms with E-state index in [1.165, 1.54) is 22.2 Å². The van der Waals surface area contributed by atoms with Crippen molar-refractivity contribution < 1.29 is 4.39 Å². The molecule has 2 N–H and O–H groups in total. The maximum absolute atomic E-state index is 13.4. The summed E-state index contributed by atoms with van der Waals surface area (Å²) in [5.74, 6) is -0.0253. The Labute approximate surface area is 161 Å². The maximum Gasteiger partial charge on any atom is 0.221 e. The number of nitrogen functional groups attached to an aromatic ring is 1. The van der Waals surface area contributed by atoms with Crippen molar-refractivity contribution >= 4 is 27.4 Å². The molecule has 0 radical (unpaired) electrons. The van der Waals surface area contributed by atoms with Crippen LogP contribution in [-0.4, -0.2) is 9.97 Å². The van der Waals surface area contributed by atoms with Crippen molar-refractivity contribution in [3.05, 3.63) is 66.0 Å². The van der Waals surface area contributed by atoms with Crippen LogP contribution in [0.4, 0.5) is 10.3 Å². The average Bonchev–Trinajstić information content (AvgIpc) is 3.11. The quantitative estimate of drug-likeness (QED) is 0.458. The van der Waals surface area contributed by atoms with Crippen LogP contribution in [0.25, 0.3) is 31.9 Å². The number of unbranched alkanes of at least 4 members (excludes halogenated alkanes) is 1. The molecular formula is C22H20FN3S. The summed E-state index contributed by atoms with van der Waals surface area (Å²) < 4.78 is 14.6. The number of nitrogens with two attached hydrogens (primary N) is 1. The van der Waals surface area contributed by atoms with E-state index in [2.05, 4.69) is 35.1 Å². The average molecular weight is 377 g/mol. The topological polar surface area (TPSA) is 51.8 Å². The van der Waals surface area contributed by atoms with Crippen LogP contribution in [0.2, 0.25) is 0 Å². The number of anilines is 1. The minimum atomic E-state index is -0.263. The molecule has 0 spiro atoms. The fourth-order valence-corrected chi connectivity index (χ4v) is 4.32. The molecule has 4 aromatic rings. The number of rotatable bonds is 5. The van der Waals surface area contributed by atoms with Crippen molar-refractivity contribution in [2.24, 2.45) is 0 Å². The SMILES string of the molecule is CCCCc1c(-c2ccc(F)cc2)nc(N)nc1-c1cc2ccccc2s1. The highest BCUT2D eigenvalue weighted by molar-refractivity contribution is 7.22. The molecule has 0 atom stereocenters. The second-order valence-corrected chi connectivity index (χ2v) is 7.60. The van der Waals surface area contributed by atoms with Gasteiger partial charge >= 0.3 is 0 Å². The van der Waals surface area contributed by atoms with Crippen molar-refractivity contribution in [3.8, 4) is 21.8 Å². The summed E-state index contributed by atoms with van der Waals surface area (Å²) in [5.41, 5.74) is 9.68. The van der Waals surface area contributed by atoms with Gasteiger partial charge in [0.2, 0.25) is 5.95 Å². The summed E-state index contributed by atoms with van der Waals surface area (Å²) in [5, 5.41) is 1.19. The normalized spacial score (nSPS) is 11.2. The van der Waals surface area contributed by atoms with E-state index in [4.69, 9.17) is 5.73 Å². The Morgan fingerprint density at radius 2 is 1.74 bits per heavy atom. The van der Waals surface area contributed by atoms with Crippen LogP contribution in [0.3, 0.4) is 0 Å². The lowest BCUT2D eigenvalue weighted by Crippen LogP contribution is -2.05. The van der Waals surface area contributed by atoms with Gasteiger partial charge in [-0.15, -0.1) is 11.3 Å². The molecule has 0 aliphatic carbocycles. The minimum Gasteiger partial charge on any atom is -0.368 e. The number of nitrogens with zero attached hydrogens (tertiary/aromatic N) is 2. The molecule has 3 nitrogen and oxygen atoms in total. The predicted octanol–water partition coefficient (Wildman–Crippen LogP) is 6.09. The van der Waals surface area contributed by atoms with Crippen LogP contribution in [-0.2, 0) is 6.42 Å². The van der Waals surface area contributed by atoms with Gasteiger partial charge in [0.15, 0.2) is 0 Å². The molecule has 2 aromatic carbocycles. The number of halogens is 1. The number of aromatic nitrogens is 2. The lowest BCUT2D eigenvalue weighted by atomic mass is 9.98. The molecule has 136 valence electrons. The van der Waals surface area contributed by atoms with E-state index in [-0.39, 0.29) is 11.8 Å². The largest absolute Gasteiger partial charge is 0.368 e. The highest BCUT2D eigenvalue weighted by Crippen LogP contribution is 2.38. The molecule has 0 saturated carbocycles. The van der Waals surface area contributed by atoms with Crippen LogP contribution in [0.15, 0.2) is 54.6 Å². The summed E-state index contributed by atoms with van der Waals surface area (Å²) >= 11 is 1.71. The standard InChI is InChI=1S/C22H20FN3S/c1-2-3-7-17-20(14-9-11-16(23)12-10-14)25-22(24)26-21(17)19-13-15-6-4-5-8-18(15)27-19/h4-6,8-13H,2-3,7H2,1H3,(H2,24,25,26). The van der Waals surface area contributed by atoms with Crippen LogP contribution < -0.4 is 5.73 Å². The van der Waals surface area contributed by atoms with Crippen molar-refractivity contribution in [1.82, 2.24) is 9.97 Å². The van der Waals surface area contributed by atoms with E-state index in [9.17, 15) is 4.39 Å². The van der Waals surface area contributed by atoms with Gasteiger partial charge in [0.1, 0.15) is 5.82 Å². The molecule has 2 aromatic heterocycles. The van der Waals surface area contributed by atoms with Gasteiger partial charge in [0, 0.05) is 15.8 Å². The Morgan fingerprint density at radius 1 is 1.00 bits per heavy atom. The highest BCUT2D eigenvalue weighted by atomic mass is 32.1. The van der Waals surface area contributed by atoms with Gasteiger partial charge < -0.3 is 5.73 Å². The van der Waals surface area contributed by atoms with E-state index < -0.39 is 0 Å². The molecule has 27 heavy (non-hydrogen) atoms. The Morgan fingerprint density at radius 3 is 2.48 bits per heavy atom. The van der Waals surface area contributed by atoms with E-state index in [0.29, 0.717) is 0 Å². The summed E-state index contributed by atoms with van der Waals surface area (Å²) in [6.07, 6.45) is 2.95. The zero-order valence-corrected chi connectivity index (χ0v) is 15.9. The summed E-state index contributed by atoms with van der Waals surface area (Å²) in [6, 6.07) is 16.9. The van der Waals surface area contributed by atoms with E-state index in [1.54, 1.807) is 23.5 Å². The molecule has 2 heterocycles. The van der Waals surface area contributed by atoms with Gasteiger partial charge in [-0.05, 0) is 54.6 Å². The lowest BCUT2D eigenvalue weighted by Gasteiger charge is -2.14. The van der Waals surface area contributed by atoms with Crippen LogP contribution in [0, 0.1) is 5.82 Å². The molecule has 4 rings (SSSR count). The zero-order valence-electron chi connectivity index (χ0n) is 15.1. The molecular weight excluding hydrogens is 357 g/mol. The Hall–Kier alpha value is -2.79. The summed E-state index contributed by atoms with van der Waals surface area (Å²) in [6.45, 7) is 2.16. The van der Waals surface area contributed by atoms with E-state index in [0.717, 1.165) is 46.7 Å². The van der Waals surface area contributed by atoms with Crippen molar-refractivity contribution in [2.45, 2.75) is 26.2 Å². The van der Waals surface area contributed by atoms with Crippen LogP contribution in [0.5, 0.6) is 0 Å². The molecule has 0 saturated heterocycles. The van der Waals surface area contributed by atoms with Gasteiger partial charge in [0.05, 0.1) is 16.3 Å². The first-order valence-corrected chi connectivity index (χ1v) is 9.88. The van der Waals surface area contributed by atoms with Crippen LogP contribution >= 0.6 is 11.3 Å². The first-order chi connectivity index (χ1) is 13.2. The number of thiophene rings is 1. The van der Waals surface area contributed by atoms with E-state index >= 15 is 0 Å². The van der Waals surface area contributed by atoms with Gasteiger partial charge in [0.25, 0.3) is 0 Å². The third kappa shape index (κ3) is 3.55. The fraction of sp³-hybridized carbons (Fsp3) is 0.182. The molecule has 0 unspecified atom stereocenters. The lowest BCUT2D eigenvalue weighted by molar-refractivity contribution is 0.628. The maximum atomic E-state index is 13.4. The zero-order chi connectivity index (χ0) is 18.8. The summed E-state index contributed by atoms with van der Waals surface area (Å²) in [4.78, 5) is 10.2. The molecule has 5 heteroatoms. The Kier molecular flexibility index (Phi) is 4.86.